The minimum atomic E-state index is -0.297. The van der Waals surface area contributed by atoms with E-state index in [4.69, 9.17) is 4.42 Å². The first-order valence-electron chi connectivity index (χ1n) is 9.43. The van der Waals surface area contributed by atoms with Crippen molar-refractivity contribution in [3.63, 3.8) is 0 Å². The first-order valence-corrected chi connectivity index (χ1v) is 9.43. The summed E-state index contributed by atoms with van der Waals surface area (Å²) < 4.78 is 20.5. The van der Waals surface area contributed by atoms with Crippen LogP contribution in [0.2, 0.25) is 0 Å². The lowest BCUT2D eigenvalue weighted by Gasteiger charge is -2.22. The molecule has 3 aromatic rings. The number of fused-ring (bicyclic) bond motifs is 2. The lowest BCUT2D eigenvalue weighted by molar-refractivity contribution is 0.368. The van der Waals surface area contributed by atoms with Gasteiger partial charge in [-0.2, -0.15) is 0 Å². The van der Waals surface area contributed by atoms with Gasteiger partial charge in [-0.1, -0.05) is 0 Å². The number of hydrogen-bond acceptors (Lipinski definition) is 6. The zero-order chi connectivity index (χ0) is 19.1. The summed E-state index contributed by atoms with van der Waals surface area (Å²) in [5, 5.41) is 22.6. The highest BCUT2D eigenvalue weighted by Crippen LogP contribution is 2.40. The number of furan rings is 1. The predicted octanol–water partition coefficient (Wildman–Crippen LogP) is 4.81. The number of hydrogen-bond donors (Lipinski definition) is 2. The molecule has 2 aliphatic rings. The molecule has 5 rings (SSSR count). The van der Waals surface area contributed by atoms with E-state index in [-0.39, 0.29) is 17.3 Å². The van der Waals surface area contributed by atoms with E-state index in [1.807, 2.05) is 6.07 Å². The minimum Gasteiger partial charge on any atom is -0.504 e. The highest BCUT2D eigenvalue weighted by Gasteiger charge is 2.23. The van der Waals surface area contributed by atoms with Crippen LogP contribution in [0.1, 0.15) is 29.7 Å². The largest absolute Gasteiger partial charge is 0.504 e. The number of pyridine rings is 1. The van der Waals surface area contributed by atoms with Crippen molar-refractivity contribution in [2.45, 2.75) is 19.3 Å². The highest BCUT2D eigenvalue weighted by molar-refractivity contribution is 5.94. The molecular formula is C21H19FN4O2. The summed E-state index contributed by atoms with van der Waals surface area (Å²) in [6.07, 6.45) is 5.88. The molecule has 2 aromatic heterocycles. The van der Waals surface area contributed by atoms with Crippen LogP contribution in [0.3, 0.4) is 0 Å². The Morgan fingerprint density at radius 3 is 2.93 bits per heavy atom. The van der Waals surface area contributed by atoms with Crippen molar-refractivity contribution in [2.75, 3.05) is 13.1 Å². The van der Waals surface area contributed by atoms with Crippen LogP contribution in [0.25, 0.3) is 22.7 Å². The zero-order valence-corrected chi connectivity index (χ0v) is 15.2. The molecule has 6 nitrogen and oxygen atoms in total. The quantitative estimate of drug-likeness (QED) is 0.685. The van der Waals surface area contributed by atoms with E-state index in [9.17, 15) is 9.50 Å². The number of piperidine rings is 1. The Balaban J connectivity index is 1.57. The maximum atomic E-state index is 14.6. The molecule has 0 aliphatic carbocycles. The molecule has 142 valence electrons. The first-order chi connectivity index (χ1) is 13.7. The van der Waals surface area contributed by atoms with E-state index in [2.05, 4.69) is 20.5 Å². The first kappa shape index (κ1) is 17.1. The summed E-state index contributed by atoms with van der Waals surface area (Å²) in [6.45, 7) is 1.89. The third kappa shape index (κ3) is 2.88. The average molecular weight is 378 g/mol. The molecule has 0 saturated carbocycles. The van der Waals surface area contributed by atoms with Crippen molar-refractivity contribution < 1.29 is 13.9 Å². The summed E-state index contributed by atoms with van der Waals surface area (Å²) in [4.78, 5) is 4.16. The smallest absolute Gasteiger partial charge is 0.183 e. The fourth-order valence-electron chi connectivity index (χ4n) is 3.92. The van der Waals surface area contributed by atoms with E-state index in [1.165, 1.54) is 6.07 Å². The van der Waals surface area contributed by atoms with E-state index < -0.39 is 0 Å². The fraction of sp³-hybridized carbons (Fsp3) is 0.286. The van der Waals surface area contributed by atoms with Crippen LogP contribution in [-0.4, -0.2) is 23.2 Å². The van der Waals surface area contributed by atoms with Gasteiger partial charge in [0.15, 0.2) is 17.3 Å². The van der Waals surface area contributed by atoms with Crippen LogP contribution < -0.4 is 5.32 Å². The molecular weight excluding hydrogens is 359 g/mol. The van der Waals surface area contributed by atoms with Crippen LogP contribution in [-0.2, 0) is 6.42 Å². The van der Waals surface area contributed by atoms with Crippen molar-refractivity contribution in [3.8, 4) is 5.75 Å². The summed E-state index contributed by atoms with van der Waals surface area (Å²) in [7, 11) is 0. The Labute approximate surface area is 160 Å². The third-order valence-corrected chi connectivity index (χ3v) is 5.44. The SMILES string of the molecule is Oc1c(C=C2N=Nc3ncccc32)oc2c(CC3CCNCC3)c(F)ccc12. The van der Waals surface area contributed by atoms with Crippen molar-refractivity contribution in [2.24, 2.45) is 16.1 Å². The van der Waals surface area contributed by atoms with Crippen LogP contribution in [0.5, 0.6) is 5.75 Å². The molecule has 7 heteroatoms. The molecule has 28 heavy (non-hydrogen) atoms. The summed E-state index contributed by atoms with van der Waals surface area (Å²) >= 11 is 0. The van der Waals surface area contributed by atoms with Crippen molar-refractivity contribution in [1.82, 2.24) is 10.3 Å². The van der Waals surface area contributed by atoms with Gasteiger partial charge in [0.2, 0.25) is 0 Å². The van der Waals surface area contributed by atoms with Crippen LogP contribution >= 0.6 is 0 Å². The van der Waals surface area contributed by atoms with Gasteiger partial charge in [-0.05, 0) is 62.5 Å². The van der Waals surface area contributed by atoms with Crippen molar-refractivity contribution in [1.29, 1.82) is 0 Å². The van der Waals surface area contributed by atoms with Gasteiger partial charge in [0.1, 0.15) is 17.1 Å². The number of benzene rings is 1. The molecule has 0 atom stereocenters. The van der Waals surface area contributed by atoms with Gasteiger partial charge < -0.3 is 14.8 Å². The zero-order valence-electron chi connectivity index (χ0n) is 15.2. The van der Waals surface area contributed by atoms with E-state index >= 15 is 0 Å². The molecule has 4 heterocycles. The number of halogens is 1. The Hall–Kier alpha value is -3.06. The number of rotatable bonds is 3. The Kier molecular flexibility index (Phi) is 4.16. The van der Waals surface area contributed by atoms with Gasteiger partial charge in [0.05, 0.1) is 5.39 Å². The van der Waals surface area contributed by atoms with Crippen molar-refractivity contribution in [3.05, 3.63) is 53.2 Å². The molecule has 2 N–H and O–H groups in total. The van der Waals surface area contributed by atoms with Gasteiger partial charge in [-0.15, -0.1) is 10.2 Å². The maximum absolute atomic E-state index is 14.6. The second-order valence-corrected chi connectivity index (χ2v) is 7.22. The predicted molar refractivity (Wildman–Crippen MR) is 104 cm³/mol. The van der Waals surface area contributed by atoms with Gasteiger partial charge in [0, 0.05) is 23.4 Å². The lowest BCUT2D eigenvalue weighted by atomic mass is 9.90. The third-order valence-electron chi connectivity index (χ3n) is 5.44. The number of azo groups is 1. The monoisotopic (exact) mass is 378 g/mol. The summed E-state index contributed by atoms with van der Waals surface area (Å²) in [6, 6.07) is 6.62. The second kappa shape index (κ2) is 6.83. The van der Waals surface area contributed by atoms with Crippen molar-refractivity contribution >= 4 is 28.6 Å². The van der Waals surface area contributed by atoms with Gasteiger partial charge in [-0.3, -0.25) is 0 Å². The molecule has 1 aromatic carbocycles. The average Bonchev–Trinajstić information content (AvgIpc) is 3.27. The number of nitrogens with zero attached hydrogens (tertiary/aromatic N) is 3. The molecule has 1 fully saturated rings. The number of nitrogens with one attached hydrogen (secondary N) is 1. The Morgan fingerprint density at radius 2 is 2.07 bits per heavy atom. The molecule has 0 radical (unpaired) electrons. The van der Waals surface area contributed by atoms with Crippen LogP contribution in [0, 0.1) is 11.7 Å². The minimum absolute atomic E-state index is 0.0124. The fourth-order valence-corrected chi connectivity index (χ4v) is 3.92. The standard InChI is InChI=1S/C21H19FN4O2/c22-16-4-3-14-19(27)18(11-17-13-2-1-7-24-21(13)26-25-17)28-20(14)15(16)10-12-5-8-23-9-6-12/h1-4,7,11-12,23,27H,5-6,8-10H2. The Morgan fingerprint density at radius 1 is 1.21 bits per heavy atom. The topological polar surface area (TPSA) is 83.0 Å². The van der Waals surface area contributed by atoms with Crippen LogP contribution in [0.15, 0.2) is 45.1 Å². The van der Waals surface area contributed by atoms with Crippen LogP contribution in [0.4, 0.5) is 10.2 Å². The molecule has 1 saturated heterocycles. The van der Waals surface area contributed by atoms with E-state index in [0.717, 1.165) is 31.5 Å². The normalized spacial score (nSPS) is 18.2. The molecule has 0 unspecified atom stereocenters. The highest BCUT2D eigenvalue weighted by atomic mass is 19.1. The summed E-state index contributed by atoms with van der Waals surface area (Å²) in [5.41, 5.74) is 2.25. The van der Waals surface area contributed by atoms with Gasteiger partial charge in [-0.25, -0.2) is 9.37 Å². The van der Waals surface area contributed by atoms with Gasteiger partial charge >= 0.3 is 0 Å². The van der Waals surface area contributed by atoms with E-state index in [1.54, 1.807) is 24.4 Å². The molecule has 0 amide bonds. The summed E-state index contributed by atoms with van der Waals surface area (Å²) in [5.74, 6) is 0.868. The van der Waals surface area contributed by atoms with E-state index in [0.29, 0.717) is 40.4 Å². The molecule has 0 spiro atoms. The van der Waals surface area contributed by atoms with Gasteiger partial charge in [0.25, 0.3) is 0 Å². The maximum Gasteiger partial charge on any atom is 0.183 e. The molecule has 2 aliphatic heterocycles. The molecule has 0 bridgehead atoms. The number of aromatic nitrogens is 1. The second-order valence-electron chi connectivity index (χ2n) is 7.22. The Bertz CT molecular complexity index is 1110. The lowest BCUT2D eigenvalue weighted by Crippen LogP contribution is -2.28. The number of aromatic hydroxyl groups is 1.